The van der Waals surface area contributed by atoms with Gasteiger partial charge in [0.05, 0.1) is 0 Å². The molecule has 2 aromatic rings. The molecule has 0 unspecified atom stereocenters. The summed E-state index contributed by atoms with van der Waals surface area (Å²) in [6, 6.07) is 2.66. The number of alkyl halides is 3. The van der Waals surface area contributed by atoms with Crippen molar-refractivity contribution in [2.75, 3.05) is 18.4 Å². The number of hydrogen-bond acceptors (Lipinski definition) is 4. The highest BCUT2D eigenvalue weighted by molar-refractivity contribution is 5.51. The number of hydrogen-bond donors (Lipinski definition) is 2. The molecule has 0 bridgehead atoms. The molecule has 0 saturated heterocycles. The predicted octanol–water partition coefficient (Wildman–Crippen LogP) is 2.07. The van der Waals surface area contributed by atoms with Crippen molar-refractivity contribution in [2.45, 2.75) is 25.9 Å². The number of fused-ring (bicyclic) bond motifs is 1. The fourth-order valence-corrected chi connectivity index (χ4v) is 1.79. The van der Waals surface area contributed by atoms with Crippen LogP contribution in [0.1, 0.15) is 24.7 Å². The van der Waals surface area contributed by atoms with Gasteiger partial charge in [0.15, 0.2) is 11.3 Å². The van der Waals surface area contributed by atoms with Crippen LogP contribution in [0, 0.1) is 0 Å². The Morgan fingerprint density at radius 3 is 2.70 bits per heavy atom. The average molecular weight is 287 g/mol. The van der Waals surface area contributed by atoms with Crippen LogP contribution in [0.15, 0.2) is 12.1 Å². The van der Waals surface area contributed by atoms with E-state index in [9.17, 15) is 13.2 Å². The minimum Gasteiger partial charge on any atom is -0.370 e. The lowest BCUT2D eigenvalue weighted by Crippen LogP contribution is -2.12. The fourth-order valence-electron chi connectivity index (χ4n) is 1.79. The van der Waals surface area contributed by atoms with Crippen molar-refractivity contribution in [1.82, 2.24) is 14.6 Å². The second-order valence-electron chi connectivity index (χ2n) is 4.35. The maximum atomic E-state index is 12.7. The molecule has 2 aromatic heterocycles. The number of rotatable bonds is 5. The Bertz CT molecular complexity index is 591. The summed E-state index contributed by atoms with van der Waals surface area (Å²) in [5.74, 6) is 0.496. The Morgan fingerprint density at radius 1 is 1.35 bits per heavy atom. The Balaban J connectivity index is 2.44. The number of aromatic nitrogens is 3. The minimum absolute atomic E-state index is 0.187. The zero-order valence-corrected chi connectivity index (χ0v) is 11.0. The second kappa shape index (κ2) is 5.66. The van der Waals surface area contributed by atoms with Crippen LogP contribution in [-0.4, -0.2) is 27.7 Å². The summed E-state index contributed by atoms with van der Waals surface area (Å²) in [6.07, 6.45) is -3.12. The third-order valence-electron chi connectivity index (χ3n) is 2.82. The van der Waals surface area contributed by atoms with Gasteiger partial charge in [-0.3, -0.25) is 0 Å². The third kappa shape index (κ3) is 3.01. The van der Waals surface area contributed by atoms with Crippen molar-refractivity contribution in [3.05, 3.63) is 23.5 Å². The smallest absolute Gasteiger partial charge is 0.370 e. The molecule has 0 aromatic carbocycles. The van der Waals surface area contributed by atoms with E-state index in [-0.39, 0.29) is 5.65 Å². The predicted molar refractivity (Wildman–Crippen MR) is 69.5 cm³/mol. The van der Waals surface area contributed by atoms with Gasteiger partial charge in [-0.05, 0) is 19.4 Å². The zero-order chi connectivity index (χ0) is 14.8. The van der Waals surface area contributed by atoms with Gasteiger partial charge >= 0.3 is 6.18 Å². The first-order valence-corrected chi connectivity index (χ1v) is 6.36. The maximum absolute atomic E-state index is 12.7. The summed E-state index contributed by atoms with van der Waals surface area (Å²) >= 11 is 0. The first kappa shape index (κ1) is 14.6. The molecule has 0 spiro atoms. The molecule has 5 nitrogen and oxygen atoms in total. The second-order valence-corrected chi connectivity index (χ2v) is 4.35. The SMILES string of the molecule is CCc1cc(NCCCN)n2nc(C(F)(F)F)cc2n1. The van der Waals surface area contributed by atoms with E-state index in [2.05, 4.69) is 15.4 Å². The number of anilines is 1. The number of nitrogens with one attached hydrogen (secondary N) is 1. The summed E-state index contributed by atoms with van der Waals surface area (Å²) < 4.78 is 39.3. The molecule has 8 heteroatoms. The normalized spacial score (nSPS) is 12.1. The first-order valence-electron chi connectivity index (χ1n) is 6.36. The van der Waals surface area contributed by atoms with Gasteiger partial charge in [-0.15, -0.1) is 0 Å². The van der Waals surface area contributed by atoms with Gasteiger partial charge < -0.3 is 11.1 Å². The van der Waals surface area contributed by atoms with Crippen molar-refractivity contribution in [1.29, 1.82) is 0 Å². The van der Waals surface area contributed by atoms with E-state index in [1.54, 1.807) is 6.07 Å². The third-order valence-corrected chi connectivity index (χ3v) is 2.82. The maximum Gasteiger partial charge on any atom is 0.435 e. The summed E-state index contributed by atoms with van der Waals surface area (Å²) in [6.45, 7) is 2.97. The zero-order valence-electron chi connectivity index (χ0n) is 11.0. The molecule has 0 aliphatic carbocycles. The molecule has 0 fully saturated rings. The van der Waals surface area contributed by atoms with Crippen LogP contribution in [0.25, 0.3) is 5.65 Å². The van der Waals surface area contributed by atoms with Gasteiger partial charge in [0.25, 0.3) is 0 Å². The summed E-state index contributed by atoms with van der Waals surface area (Å²) in [4.78, 5) is 4.15. The standard InChI is InChI=1S/C12H16F3N5/c1-2-8-6-10(17-5-3-4-16)20-11(18-8)7-9(19-20)12(13,14)15/h6-7,17H,2-5,16H2,1H3. The van der Waals surface area contributed by atoms with E-state index in [0.717, 1.165) is 12.5 Å². The van der Waals surface area contributed by atoms with Crippen LogP contribution in [-0.2, 0) is 12.6 Å². The topological polar surface area (TPSA) is 68.2 Å². The van der Waals surface area contributed by atoms with Gasteiger partial charge in [-0.25, -0.2) is 4.98 Å². The molecule has 0 atom stereocenters. The Morgan fingerprint density at radius 2 is 2.10 bits per heavy atom. The molecular formula is C12H16F3N5. The lowest BCUT2D eigenvalue weighted by molar-refractivity contribution is -0.141. The Kier molecular flexibility index (Phi) is 4.12. The quantitative estimate of drug-likeness (QED) is 0.826. The molecule has 0 amide bonds. The highest BCUT2D eigenvalue weighted by Crippen LogP contribution is 2.29. The highest BCUT2D eigenvalue weighted by atomic mass is 19.4. The lowest BCUT2D eigenvalue weighted by Gasteiger charge is -2.09. The Labute approximate surface area is 114 Å². The van der Waals surface area contributed by atoms with Gasteiger partial charge in [-0.2, -0.15) is 22.8 Å². The van der Waals surface area contributed by atoms with E-state index in [1.165, 1.54) is 4.52 Å². The molecule has 0 aliphatic heterocycles. The van der Waals surface area contributed by atoms with Crippen molar-refractivity contribution in [3.8, 4) is 0 Å². The van der Waals surface area contributed by atoms with E-state index < -0.39 is 11.9 Å². The van der Waals surface area contributed by atoms with Crippen LogP contribution in [0.5, 0.6) is 0 Å². The van der Waals surface area contributed by atoms with Crippen LogP contribution < -0.4 is 11.1 Å². The van der Waals surface area contributed by atoms with E-state index in [1.807, 2.05) is 6.92 Å². The van der Waals surface area contributed by atoms with Gasteiger partial charge in [0, 0.05) is 24.4 Å². The van der Waals surface area contributed by atoms with Gasteiger partial charge in [0.2, 0.25) is 0 Å². The lowest BCUT2D eigenvalue weighted by atomic mass is 10.3. The van der Waals surface area contributed by atoms with Gasteiger partial charge in [-0.1, -0.05) is 6.92 Å². The molecule has 2 rings (SSSR count). The molecular weight excluding hydrogens is 271 g/mol. The molecule has 2 heterocycles. The molecule has 20 heavy (non-hydrogen) atoms. The van der Waals surface area contributed by atoms with Crippen molar-refractivity contribution in [2.24, 2.45) is 5.73 Å². The van der Waals surface area contributed by atoms with E-state index in [0.29, 0.717) is 31.0 Å². The van der Waals surface area contributed by atoms with Crippen LogP contribution in [0.2, 0.25) is 0 Å². The number of nitrogens with two attached hydrogens (primary N) is 1. The van der Waals surface area contributed by atoms with Gasteiger partial charge in [0.1, 0.15) is 5.82 Å². The Hall–Kier alpha value is -1.83. The molecule has 110 valence electrons. The summed E-state index contributed by atoms with van der Waals surface area (Å²) in [7, 11) is 0. The molecule has 0 saturated carbocycles. The fraction of sp³-hybridized carbons (Fsp3) is 0.500. The van der Waals surface area contributed by atoms with E-state index >= 15 is 0 Å². The highest BCUT2D eigenvalue weighted by Gasteiger charge is 2.34. The molecule has 0 aliphatic rings. The first-order chi connectivity index (χ1) is 9.45. The number of aryl methyl sites for hydroxylation is 1. The monoisotopic (exact) mass is 287 g/mol. The summed E-state index contributed by atoms with van der Waals surface area (Å²) in [5.41, 5.74) is 5.35. The molecule has 0 radical (unpaired) electrons. The van der Waals surface area contributed by atoms with Crippen LogP contribution in [0.4, 0.5) is 19.0 Å². The minimum atomic E-state index is -4.48. The van der Waals surface area contributed by atoms with Crippen molar-refractivity contribution < 1.29 is 13.2 Å². The van der Waals surface area contributed by atoms with Crippen LogP contribution >= 0.6 is 0 Å². The largest absolute Gasteiger partial charge is 0.435 e. The molecule has 3 N–H and O–H groups in total. The number of nitrogens with zero attached hydrogens (tertiary/aromatic N) is 3. The summed E-state index contributed by atoms with van der Waals surface area (Å²) in [5, 5.41) is 6.61. The van der Waals surface area contributed by atoms with Crippen molar-refractivity contribution in [3.63, 3.8) is 0 Å². The van der Waals surface area contributed by atoms with Crippen LogP contribution in [0.3, 0.4) is 0 Å². The van der Waals surface area contributed by atoms with E-state index in [4.69, 9.17) is 5.73 Å². The van der Waals surface area contributed by atoms with Crippen molar-refractivity contribution >= 4 is 11.5 Å². The average Bonchev–Trinajstić information content (AvgIpc) is 2.82. The number of halogens is 3.